The van der Waals surface area contributed by atoms with Gasteiger partial charge in [-0.1, -0.05) is 12.1 Å². The first-order valence-corrected chi connectivity index (χ1v) is 24.2. The predicted octanol–water partition coefficient (Wildman–Crippen LogP) is 0.921. The largest absolute Gasteiger partial charge is 0.463 e. The number of nitrogens with zero attached hydrogens (tertiary/aromatic N) is 1. The van der Waals surface area contributed by atoms with Crippen molar-refractivity contribution in [1.29, 1.82) is 0 Å². The summed E-state index contributed by atoms with van der Waals surface area (Å²) in [5, 5.41) is 12.0. The number of ether oxygens (including phenoxy) is 14. The first-order valence-electron chi connectivity index (χ1n) is 24.2. The highest BCUT2D eigenvalue weighted by atomic mass is 16.8. The van der Waals surface area contributed by atoms with Gasteiger partial charge in [-0.15, -0.1) is 0 Å². The van der Waals surface area contributed by atoms with Crippen LogP contribution in [0.1, 0.15) is 111 Å². The molecule has 27 heteroatoms. The maximum absolute atomic E-state index is 14.6. The summed E-state index contributed by atoms with van der Waals surface area (Å²) in [4.78, 5) is 146. The molecule has 1 aromatic carbocycles. The van der Waals surface area contributed by atoms with Crippen molar-refractivity contribution in [2.24, 2.45) is 10.8 Å². The van der Waals surface area contributed by atoms with Crippen molar-refractivity contribution in [1.82, 2.24) is 4.90 Å². The number of hydrogen-bond donors (Lipinski definition) is 1. The van der Waals surface area contributed by atoms with Crippen molar-refractivity contribution < 1.29 is 124 Å². The molecule has 0 bridgehead atoms. The molecule has 27 nitrogen and oxygen atoms in total. The normalized spacial score (nSPS) is 30.2. The number of fused-ring (bicyclic) bond motifs is 1. The van der Waals surface area contributed by atoms with Crippen LogP contribution >= 0.6 is 0 Å². The van der Waals surface area contributed by atoms with Gasteiger partial charge in [0.15, 0.2) is 55.5 Å². The highest BCUT2D eigenvalue weighted by molar-refractivity contribution is 6.21. The van der Waals surface area contributed by atoms with Gasteiger partial charge in [0.2, 0.25) is 0 Å². The molecule has 0 aromatic heterocycles. The molecule has 77 heavy (non-hydrogen) atoms. The Morgan fingerprint density at radius 2 is 0.844 bits per heavy atom. The van der Waals surface area contributed by atoms with Crippen molar-refractivity contribution >= 4 is 65.5 Å². The fourth-order valence-corrected chi connectivity index (χ4v) is 8.50. The molecule has 0 spiro atoms. The lowest BCUT2D eigenvalue weighted by Gasteiger charge is -2.51. The van der Waals surface area contributed by atoms with Gasteiger partial charge in [0.05, 0.1) is 22.0 Å². The molecule has 15 atom stereocenters. The van der Waals surface area contributed by atoms with E-state index >= 15 is 0 Å². The van der Waals surface area contributed by atoms with Crippen LogP contribution in [-0.2, 0) is 109 Å². The minimum absolute atomic E-state index is 0.145. The quantitative estimate of drug-likeness (QED) is 0.129. The number of rotatable bonds is 17. The Balaban J connectivity index is 1.82. The molecule has 3 fully saturated rings. The van der Waals surface area contributed by atoms with Crippen LogP contribution in [0.2, 0.25) is 0 Å². The molecule has 0 aliphatic carbocycles. The zero-order valence-electron chi connectivity index (χ0n) is 44.7. The van der Waals surface area contributed by atoms with Crippen LogP contribution in [0.5, 0.6) is 0 Å². The molecular formula is C50H65NO26. The van der Waals surface area contributed by atoms with E-state index in [0.717, 1.165) is 48.5 Å². The summed E-state index contributed by atoms with van der Waals surface area (Å²) in [6.45, 7) is 13.4. The van der Waals surface area contributed by atoms with Gasteiger partial charge >= 0.3 is 53.7 Å². The Morgan fingerprint density at radius 1 is 0.455 bits per heavy atom. The summed E-state index contributed by atoms with van der Waals surface area (Å²) in [5.41, 5.74) is -2.84. The average Bonchev–Trinajstić information content (AvgIpc) is 3.56. The molecule has 3 saturated heterocycles. The van der Waals surface area contributed by atoms with Gasteiger partial charge in [0.1, 0.15) is 56.4 Å². The van der Waals surface area contributed by atoms with E-state index in [9.17, 15) is 57.8 Å². The number of amides is 2. The smallest absolute Gasteiger partial charge is 0.311 e. The third-order valence-corrected chi connectivity index (χ3v) is 11.8. The second kappa shape index (κ2) is 25.2. The van der Waals surface area contributed by atoms with E-state index in [-0.39, 0.29) is 11.1 Å². The van der Waals surface area contributed by atoms with Gasteiger partial charge in [0, 0.05) is 48.5 Å². The molecule has 0 unspecified atom stereocenters. The van der Waals surface area contributed by atoms with Crippen LogP contribution < -0.4 is 0 Å². The molecule has 1 aromatic rings. The number of esters is 9. The third-order valence-electron chi connectivity index (χ3n) is 11.8. The van der Waals surface area contributed by atoms with E-state index in [0.29, 0.717) is 4.90 Å². The van der Waals surface area contributed by atoms with Crippen molar-refractivity contribution in [3.63, 3.8) is 0 Å². The van der Waals surface area contributed by atoms with Gasteiger partial charge in [0.25, 0.3) is 11.8 Å². The van der Waals surface area contributed by atoms with Gasteiger partial charge in [-0.3, -0.25) is 57.6 Å². The van der Waals surface area contributed by atoms with Crippen LogP contribution in [-0.4, -0.2) is 187 Å². The first-order chi connectivity index (χ1) is 35.8. The van der Waals surface area contributed by atoms with E-state index in [1.807, 2.05) is 0 Å². The molecule has 0 radical (unpaired) electrons. The summed E-state index contributed by atoms with van der Waals surface area (Å²) >= 11 is 0. The van der Waals surface area contributed by atoms with Crippen LogP contribution in [0.3, 0.4) is 0 Å². The fourth-order valence-electron chi connectivity index (χ4n) is 8.50. The molecule has 5 rings (SSSR count). The zero-order valence-corrected chi connectivity index (χ0v) is 44.7. The Kier molecular flexibility index (Phi) is 20.0. The zero-order chi connectivity index (χ0) is 57.6. The van der Waals surface area contributed by atoms with E-state index < -0.39 is 188 Å². The maximum atomic E-state index is 14.6. The number of carbonyl (C=O) groups excluding carboxylic acids is 11. The highest BCUT2D eigenvalue weighted by Crippen LogP contribution is 2.41. The Bertz CT molecular complexity index is 2390. The second-order valence-electron chi connectivity index (χ2n) is 20.3. The summed E-state index contributed by atoms with van der Waals surface area (Å²) in [6, 6.07) is 3.52. The van der Waals surface area contributed by atoms with Crippen molar-refractivity contribution in [2.75, 3.05) is 19.8 Å². The standard InChI is InChI=1S/C50H65NO26/c1-21(52)64-18-31-34(67-23(3)54)37(69-25(5)56)33(51-42(59)28-16-14-15-17-29(28)43(51)60)45(73-31)76-38-36(30(20-66-47(62)49(8,9)10)72-44(61)40(38)77-48(63)50(11,12)13)75-46-41(71-27(7)58)39(70-26(6)57)35(68-24(4)55)32(74-46)19-65-22(2)53/h14-17,30-41,44-46,61H,18-20H2,1-13H3/t30-,31-,32-,33-,34-,35-,36+,37-,38+,39+,40-,41-,44-,45+,46+/m1/s1. The molecular weight excluding hydrogens is 1030 g/mol. The van der Waals surface area contributed by atoms with E-state index in [2.05, 4.69) is 0 Å². The molecule has 4 aliphatic heterocycles. The van der Waals surface area contributed by atoms with Gasteiger partial charge < -0.3 is 71.4 Å². The van der Waals surface area contributed by atoms with Crippen LogP contribution in [0.4, 0.5) is 0 Å². The number of carbonyl (C=O) groups is 11. The number of benzene rings is 1. The van der Waals surface area contributed by atoms with Crippen LogP contribution in [0.25, 0.3) is 0 Å². The van der Waals surface area contributed by atoms with Crippen molar-refractivity contribution in [3.8, 4) is 0 Å². The Morgan fingerprint density at radius 3 is 1.30 bits per heavy atom. The van der Waals surface area contributed by atoms with Crippen LogP contribution in [0.15, 0.2) is 24.3 Å². The summed E-state index contributed by atoms with van der Waals surface area (Å²) in [7, 11) is 0. The van der Waals surface area contributed by atoms with E-state index in [1.54, 1.807) is 0 Å². The predicted molar refractivity (Wildman–Crippen MR) is 249 cm³/mol. The topological polar surface area (TPSA) is 340 Å². The monoisotopic (exact) mass is 1100 g/mol. The Hall–Kier alpha value is -6.65. The molecule has 2 amide bonds. The molecule has 4 aliphatic rings. The maximum Gasteiger partial charge on any atom is 0.311 e. The van der Waals surface area contributed by atoms with E-state index in [4.69, 9.17) is 66.3 Å². The molecule has 1 N–H and O–H groups in total. The summed E-state index contributed by atoms with van der Waals surface area (Å²) < 4.78 is 82.5. The lowest BCUT2D eigenvalue weighted by Crippen LogP contribution is -2.71. The molecule has 426 valence electrons. The lowest BCUT2D eigenvalue weighted by molar-refractivity contribution is -0.380. The number of aliphatic hydroxyl groups is 1. The van der Waals surface area contributed by atoms with E-state index in [1.165, 1.54) is 65.8 Å². The number of hydrogen-bond acceptors (Lipinski definition) is 26. The van der Waals surface area contributed by atoms with Crippen molar-refractivity contribution in [2.45, 2.75) is 182 Å². The first kappa shape index (κ1) is 61.2. The summed E-state index contributed by atoms with van der Waals surface area (Å²) in [5.74, 6) is -10.7. The minimum atomic E-state index is -2.28. The van der Waals surface area contributed by atoms with Gasteiger partial charge in [-0.2, -0.15) is 0 Å². The highest BCUT2D eigenvalue weighted by Gasteiger charge is 2.62. The van der Waals surface area contributed by atoms with Gasteiger partial charge in [-0.25, -0.2) is 0 Å². The van der Waals surface area contributed by atoms with Crippen LogP contribution in [0, 0.1) is 10.8 Å². The second-order valence-corrected chi connectivity index (χ2v) is 20.3. The number of imide groups is 1. The Labute approximate surface area is 441 Å². The van der Waals surface area contributed by atoms with Crippen molar-refractivity contribution in [3.05, 3.63) is 35.4 Å². The molecule has 4 heterocycles. The summed E-state index contributed by atoms with van der Waals surface area (Å²) in [6.07, 6.45) is -27.3. The fraction of sp³-hybridized carbons (Fsp3) is 0.660. The SMILES string of the molecule is CC(=O)OC[C@H]1O[C@@H](O[C@@H]2[C@H](O[C@@H]3O[C@H](COC(C)=O)[C@@H](OC(C)=O)[C@H](OC(C)=O)[C@H]3N3C(=O)c4ccccc4C3=O)[C@@H](OC(=O)C(C)(C)C)[C@H](O)O[C@@H]2COC(=O)C(C)(C)C)[C@H](OC(C)=O)[C@@H](OC(C)=O)[C@@H]1OC(C)=O. The lowest BCUT2D eigenvalue weighted by atomic mass is 9.93. The third kappa shape index (κ3) is 15.3. The van der Waals surface area contributed by atoms with Gasteiger partial charge in [-0.05, 0) is 53.7 Å². The minimum Gasteiger partial charge on any atom is -0.463 e. The average molecular weight is 1100 g/mol. The molecule has 0 saturated carbocycles. The number of aliphatic hydroxyl groups excluding tert-OH is 1.